The van der Waals surface area contributed by atoms with Crippen molar-refractivity contribution in [3.63, 3.8) is 0 Å². The summed E-state index contributed by atoms with van der Waals surface area (Å²) in [6.45, 7) is 1.93. The fraction of sp³-hybridized carbons (Fsp3) is 0.160. The maximum atomic E-state index is 13.3. The van der Waals surface area contributed by atoms with E-state index in [1.165, 1.54) is 12.1 Å². The first kappa shape index (κ1) is 23.2. The first-order valence-corrected chi connectivity index (χ1v) is 10.5. The second kappa shape index (κ2) is 9.48. The van der Waals surface area contributed by atoms with Crippen LogP contribution in [0, 0.1) is 0 Å². The number of halogens is 3. The van der Waals surface area contributed by atoms with Crippen LogP contribution in [0.25, 0.3) is 22.5 Å². The van der Waals surface area contributed by atoms with Gasteiger partial charge in [0.1, 0.15) is 0 Å². The van der Waals surface area contributed by atoms with Crippen LogP contribution in [0.4, 0.5) is 19.1 Å². The molecule has 1 atom stereocenters. The predicted molar refractivity (Wildman–Crippen MR) is 125 cm³/mol. The molecule has 2 aromatic heterocycles. The van der Waals surface area contributed by atoms with E-state index in [9.17, 15) is 18.0 Å². The standard InChI is InChI=1S/C25H22F3N5O/c1-15(16-6-3-2-4-7-16)31-24-30-11-10-21(32-24)20-13-18(14-29)23(34)33-22(20)17-8-5-9-19(12-17)25(26,27)28/h2-13,15H,14,29H2,1H3,(H,33,34)(H,30,31,32)/t15-/m0/s1. The first-order valence-electron chi connectivity index (χ1n) is 10.5. The van der Waals surface area contributed by atoms with Gasteiger partial charge in [0.05, 0.1) is 23.0 Å². The number of nitrogens with zero attached hydrogens (tertiary/aromatic N) is 2. The highest BCUT2D eigenvalue weighted by Gasteiger charge is 2.30. The molecule has 0 spiro atoms. The van der Waals surface area contributed by atoms with Crippen molar-refractivity contribution in [2.24, 2.45) is 5.73 Å². The zero-order valence-electron chi connectivity index (χ0n) is 18.2. The molecule has 4 N–H and O–H groups in total. The van der Waals surface area contributed by atoms with Gasteiger partial charge in [0.25, 0.3) is 5.56 Å². The van der Waals surface area contributed by atoms with Gasteiger partial charge in [-0.2, -0.15) is 13.2 Å². The van der Waals surface area contributed by atoms with E-state index in [4.69, 9.17) is 5.73 Å². The lowest BCUT2D eigenvalue weighted by molar-refractivity contribution is -0.137. The number of aromatic nitrogens is 3. The van der Waals surface area contributed by atoms with Crippen LogP contribution >= 0.6 is 0 Å². The minimum absolute atomic E-state index is 0.0353. The van der Waals surface area contributed by atoms with E-state index in [1.807, 2.05) is 37.3 Å². The lowest BCUT2D eigenvalue weighted by atomic mass is 9.99. The Hall–Kier alpha value is -3.98. The van der Waals surface area contributed by atoms with Crippen molar-refractivity contribution < 1.29 is 13.2 Å². The molecule has 34 heavy (non-hydrogen) atoms. The molecule has 2 heterocycles. The Kier molecular flexibility index (Phi) is 6.47. The Labute approximate surface area is 193 Å². The number of pyridine rings is 1. The normalized spacial score (nSPS) is 12.4. The topological polar surface area (TPSA) is 96.7 Å². The van der Waals surface area contributed by atoms with Crippen molar-refractivity contribution in [2.45, 2.75) is 25.7 Å². The lowest BCUT2D eigenvalue weighted by Gasteiger charge is -2.16. The summed E-state index contributed by atoms with van der Waals surface area (Å²) in [6.07, 6.45) is -2.97. The molecule has 0 aliphatic rings. The summed E-state index contributed by atoms with van der Waals surface area (Å²) in [5.74, 6) is 0.337. The molecule has 0 aliphatic heterocycles. The van der Waals surface area contributed by atoms with Crippen molar-refractivity contribution in [1.82, 2.24) is 15.0 Å². The third-order valence-corrected chi connectivity index (χ3v) is 5.39. The molecule has 4 aromatic rings. The van der Waals surface area contributed by atoms with E-state index >= 15 is 0 Å². The van der Waals surface area contributed by atoms with Gasteiger partial charge in [-0.25, -0.2) is 9.97 Å². The Morgan fingerprint density at radius 1 is 1.06 bits per heavy atom. The molecule has 0 unspecified atom stereocenters. The molecule has 0 aliphatic carbocycles. The highest BCUT2D eigenvalue weighted by atomic mass is 19.4. The number of H-pyrrole nitrogens is 1. The van der Waals surface area contributed by atoms with Gasteiger partial charge in [-0.15, -0.1) is 0 Å². The largest absolute Gasteiger partial charge is 0.416 e. The fourth-order valence-corrected chi connectivity index (χ4v) is 3.60. The van der Waals surface area contributed by atoms with E-state index in [-0.39, 0.29) is 29.4 Å². The highest BCUT2D eigenvalue weighted by molar-refractivity contribution is 5.79. The average Bonchev–Trinajstić information content (AvgIpc) is 2.84. The third-order valence-electron chi connectivity index (χ3n) is 5.39. The molecule has 2 aromatic carbocycles. The zero-order chi connectivity index (χ0) is 24.3. The van der Waals surface area contributed by atoms with Gasteiger partial charge in [0.15, 0.2) is 0 Å². The van der Waals surface area contributed by atoms with Crippen LogP contribution in [-0.2, 0) is 12.7 Å². The highest BCUT2D eigenvalue weighted by Crippen LogP contribution is 2.34. The van der Waals surface area contributed by atoms with Crippen LogP contribution in [0.2, 0.25) is 0 Å². The minimum Gasteiger partial charge on any atom is -0.348 e. The van der Waals surface area contributed by atoms with E-state index in [0.29, 0.717) is 17.2 Å². The van der Waals surface area contributed by atoms with Crippen LogP contribution < -0.4 is 16.6 Å². The van der Waals surface area contributed by atoms with Crippen molar-refractivity contribution >= 4 is 5.95 Å². The predicted octanol–water partition coefficient (Wildman–Crippen LogP) is 5.15. The van der Waals surface area contributed by atoms with Crippen LogP contribution in [0.3, 0.4) is 0 Å². The lowest BCUT2D eigenvalue weighted by Crippen LogP contribution is -2.17. The molecule has 0 bridgehead atoms. The molecular weight excluding hydrogens is 443 g/mol. The number of hydrogen-bond donors (Lipinski definition) is 3. The van der Waals surface area contributed by atoms with Crippen LogP contribution in [-0.4, -0.2) is 15.0 Å². The fourth-order valence-electron chi connectivity index (χ4n) is 3.60. The SMILES string of the molecule is C[C@H](Nc1nccc(-c2cc(CN)c(=O)[nH]c2-c2cccc(C(F)(F)F)c2)n1)c1ccccc1. The molecule has 4 rings (SSSR count). The number of benzene rings is 2. The molecule has 174 valence electrons. The van der Waals surface area contributed by atoms with Crippen molar-refractivity contribution in [2.75, 3.05) is 5.32 Å². The van der Waals surface area contributed by atoms with E-state index < -0.39 is 17.3 Å². The molecule has 0 saturated carbocycles. The van der Waals surface area contributed by atoms with Crippen molar-refractivity contribution in [3.05, 3.63) is 100.0 Å². The number of nitrogens with one attached hydrogen (secondary N) is 2. The van der Waals surface area contributed by atoms with Gasteiger partial charge >= 0.3 is 6.18 Å². The van der Waals surface area contributed by atoms with Crippen LogP contribution in [0.1, 0.15) is 29.7 Å². The van der Waals surface area contributed by atoms with E-state index in [1.54, 1.807) is 18.3 Å². The second-order valence-corrected chi connectivity index (χ2v) is 7.74. The molecule has 0 saturated heterocycles. The summed E-state index contributed by atoms with van der Waals surface area (Å²) in [6, 6.07) is 17.6. The summed E-state index contributed by atoms with van der Waals surface area (Å²) in [5, 5.41) is 3.23. The van der Waals surface area contributed by atoms with Gasteiger partial charge in [0, 0.05) is 23.9 Å². The quantitative estimate of drug-likeness (QED) is 0.366. The van der Waals surface area contributed by atoms with Gasteiger partial charge in [-0.1, -0.05) is 42.5 Å². The summed E-state index contributed by atoms with van der Waals surface area (Å²) in [7, 11) is 0. The van der Waals surface area contributed by atoms with Crippen LogP contribution in [0.5, 0.6) is 0 Å². The Balaban J connectivity index is 1.79. The minimum atomic E-state index is -4.52. The molecule has 0 radical (unpaired) electrons. The molecule has 6 nitrogen and oxygen atoms in total. The average molecular weight is 465 g/mol. The van der Waals surface area contributed by atoms with E-state index in [0.717, 1.165) is 17.7 Å². The third kappa shape index (κ3) is 4.99. The first-order chi connectivity index (χ1) is 16.3. The number of nitrogens with two attached hydrogens (primary N) is 1. The number of hydrogen-bond acceptors (Lipinski definition) is 5. The summed E-state index contributed by atoms with van der Waals surface area (Å²) in [5.41, 5.74) is 7.04. The van der Waals surface area contributed by atoms with Gasteiger partial charge in [0.2, 0.25) is 5.95 Å². The smallest absolute Gasteiger partial charge is 0.348 e. The molecular formula is C25H22F3N5O. The number of alkyl halides is 3. The van der Waals surface area contributed by atoms with Crippen LogP contribution in [0.15, 0.2) is 77.7 Å². The van der Waals surface area contributed by atoms with Gasteiger partial charge < -0.3 is 16.0 Å². The molecule has 0 amide bonds. The monoisotopic (exact) mass is 465 g/mol. The molecule has 0 fully saturated rings. The Morgan fingerprint density at radius 2 is 1.82 bits per heavy atom. The van der Waals surface area contributed by atoms with Crippen molar-refractivity contribution in [3.8, 4) is 22.5 Å². The molecule has 9 heteroatoms. The Bertz CT molecular complexity index is 1350. The maximum absolute atomic E-state index is 13.3. The zero-order valence-corrected chi connectivity index (χ0v) is 18.2. The number of aromatic amines is 1. The number of rotatable bonds is 6. The maximum Gasteiger partial charge on any atom is 0.416 e. The summed E-state index contributed by atoms with van der Waals surface area (Å²) >= 11 is 0. The Morgan fingerprint density at radius 3 is 2.53 bits per heavy atom. The summed E-state index contributed by atoms with van der Waals surface area (Å²) in [4.78, 5) is 24.0. The van der Waals surface area contributed by atoms with Gasteiger partial charge in [-0.05, 0) is 42.3 Å². The number of anilines is 1. The second-order valence-electron chi connectivity index (χ2n) is 7.74. The van der Waals surface area contributed by atoms with Gasteiger partial charge in [-0.3, -0.25) is 4.79 Å². The summed E-state index contributed by atoms with van der Waals surface area (Å²) < 4.78 is 39.9. The van der Waals surface area contributed by atoms with Crippen molar-refractivity contribution in [1.29, 1.82) is 0 Å². The van der Waals surface area contributed by atoms with E-state index in [2.05, 4.69) is 20.3 Å².